The minimum absolute atomic E-state index is 0.147. The number of benzene rings is 1. The number of amides is 1. The topological polar surface area (TPSA) is 38.8 Å². The molecule has 3 aliphatic carbocycles. The summed E-state index contributed by atoms with van der Waals surface area (Å²) in [5.74, 6) is 2.01. The largest absolute Gasteiger partial charge is 0.493 e. The summed E-state index contributed by atoms with van der Waals surface area (Å²) in [6, 6.07) is 4.17. The van der Waals surface area contributed by atoms with Crippen molar-refractivity contribution in [1.29, 1.82) is 0 Å². The molecule has 1 spiro atoms. The number of carbonyl (C=O) groups is 1. The molecule has 2 aliphatic heterocycles. The summed E-state index contributed by atoms with van der Waals surface area (Å²) in [7, 11) is 1.64. The summed E-state index contributed by atoms with van der Waals surface area (Å²) < 4.78 is 26.7. The number of piperidine rings is 1. The van der Waals surface area contributed by atoms with E-state index in [4.69, 9.17) is 9.47 Å². The molecule has 2 heterocycles. The third kappa shape index (κ3) is 1.81. The number of rotatable bonds is 2. The van der Waals surface area contributed by atoms with Crippen LogP contribution in [0.5, 0.6) is 11.5 Å². The molecule has 1 saturated carbocycles. The molecule has 142 valence electrons. The van der Waals surface area contributed by atoms with Crippen molar-refractivity contribution in [2.24, 2.45) is 11.8 Å². The van der Waals surface area contributed by atoms with Crippen LogP contribution in [-0.4, -0.2) is 36.6 Å². The number of hydrogen-bond acceptors (Lipinski definition) is 3. The number of likely N-dealkylation sites (tertiary alicyclic amines) is 1. The molecule has 2 bridgehead atoms. The Kier molecular flexibility index (Phi) is 3.12. The molecule has 1 unspecified atom stereocenters. The van der Waals surface area contributed by atoms with Crippen LogP contribution in [0.2, 0.25) is 0 Å². The molecule has 0 aromatic heterocycles. The first kappa shape index (κ1) is 16.0. The van der Waals surface area contributed by atoms with Crippen LogP contribution in [0.25, 0.3) is 0 Å². The van der Waals surface area contributed by atoms with Crippen LogP contribution >= 0.6 is 0 Å². The highest BCUT2D eigenvalue weighted by molar-refractivity contribution is 5.80. The standard InChI is InChI=1S/C22H24FNO3/c1-26-17-8-5-13-11-16-14-6-7-15(23)20-22(14,18(13)19(17)27-20)9-10-24(16)21(25)12-3-2-4-12/h5,7-8,12,14,16,20H,2-4,6,9-11H2,1H3/t14-,16+,20?,22-/m0/s1. The normalized spacial score (nSPS) is 35.7. The van der Waals surface area contributed by atoms with Crippen LogP contribution in [0, 0.1) is 11.8 Å². The lowest BCUT2D eigenvalue weighted by Crippen LogP contribution is -2.65. The SMILES string of the molecule is COc1ccc2c3c1OC1C(F)=CC[C@H]4[C@@H](C2)N(C(=O)C2CCC2)CC[C@]314. The maximum atomic E-state index is 14.9. The van der Waals surface area contributed by atoms with Gasteiger partial charge in [-0.15, -0.1) is 0 Å². The maximum absolute atomic E-state index is 14.9. The van der Waals surface area contributed by atoms with Crippen molar-refractivity contribution in [3.05, 3.63) is 35.2 Å². The average molecular weight is 369 g/mol. The Bertz CT molecular complexity index is 877. The highest BCUT2D eigenvalue weighted by Gasteiger charge is 2.65. The fourth-order valence-corrected chi connectivity index (χ4v) is 6.43. The highest BCUT2D eigenvalue weighted by atomic mass is 19.1. The first-order chi connectivity index (χ1) is 13.1. The molecule has 4 nitrogen and oxygen atoms in total. The second kappa shape index (κ2) is 5.27. The first-order valence-electron chi connectivity index (χ1n) is 10.2. The Balaban J connectivity index is 1.51. The van der Waals surface area contributed by atoms with Gasteiger partial charge >= 0.3 is 0 Å². The fraction of sp³-hybridized carbons (Fsp3) is 0.591. The first-order valence-corrected chi connectivity index (χ1v) is 10.2. The molecule has 1 aromatic carbocycles. The van der Waals surface area contributed by atoms with Crippen LogP contribution in [0.15, 0.2) is 24.0 Å². The number of allylic oxidation sites excluding steroid dienone is 1. The van der Waals surface area contributed by atoms with Gasteiger partial charge in [-0.1, -0.05) is 12.5 Å². The molecule has 0 radical (unpaired) electrons. The molecule has 2 fully saturated rings. The van der Waals surface area contributed by atoms with Crippen LogP contribution in [0.3, 0.4) is 0 Å². The third-order valence-corrected chi connectivity index (χ3v) is 7.87. The van der Waals surface area contributed by atoms with Crippen molar-refractivity contribution in [2.45, 2.75) is 56.1 Å². The van der Waals surface area contributed by atoms with E-state index < -0.39 is 6.10 Å². The van der Waals surface area contributed by atoms with Crippen molar-refractivity contribution in [3.63, 3.8) is 0 Å². The maximum Gasteiger partial charge on any atom is 0.225 e. The minimum Gasteiger partial charge on any atom is -0.493 e. The summed E-state index contributed by atoms with van der Waals surface area (Å²) in [4.78, 5) is 15.2. The predicted octanol–water partition coefficient (Wildman–Crippen LogP) is 3.52. The summed E-state index contributed by atoms with van der Waals surface area (Å²) in [5.41, 5.74) is 2.01. The molecular weight excluding hydrogens is 345 g/mol. The average Bonchev–Trinajstić information content (AvgIpc) is 2.96. The van der Waals surface area contributed by atoms with Gasteiger partial charge in [0.25, 0.3) is 0 Å². The predicted molar refractivity (Wildman–Crippen MR) is 97.5 cm³/mol. The van der Waals surface area contributed by atoms with Gasteiger partial charge in [0, 0.05) is 29.5 Å². The molecule has 0 N–H and O–H groups in total. The molecule has 6 rings (SSSR count). The van der Waals surface area contributed by atoms with E-state index in [1.165, 1.54) is 5.56 Å². The molecule has 1 aromatic rings. The highest BCUT2D eigenvalue weighted by Crippen LogP contribution is 2.64. The van der Waals surface area contributed by atoms with E-state index in [2.05, 4.69) is 11.0 Å². The summed E-state index contributed by atoms with van der Waals surface area (Å²) in [5, 5.41) is 0. The zero-order valence-electron chi connectivity index (χ0n) is 15.5. The van der Waals surface area contributed by atoms with Crippen molar-refractivity contribution in [2.75, 3.05) is 13.7 Å². The molecule has 1 saturated heterocycles. The molecular formula is C22H24FNO3. The minimum atomic E-state index is -0.565. The van der Waals surface area contributed by atoms with Gasteiger partial charge < -0.3 is 14.4 Å². The number of hydrogen-bond donors (Lipinski definition) is 0. The Hall–Kier alpha value is -2.04. The van der Waals surface area contributed by atoms with E-state index in [0.29, 0.717) is 24.6 Å². The zero-order chi connectivity index (χ0) is 18.3. The second-order valence-corrected chi connectivity index (χ2v) is 8.78. The summed E-state index contributed by atoms with van der Waals surface area (Å²) >= 11 is 0. The third-order valence-electron chi connectivity index (χ3n) is 7.87. The Morgan fingerprint density at radius 2 is 2.22 bits per heavy atom. The van der Waals surface area contributed by atoms with E-state index in [1.807, 2.05) is 6.07 Å². The van der Waals surface area contributed by atoms with E-state index in [1.54, 1.807) is 13.2 Å². The lowest BCUT2D eigenvalue weighted by molar-refractivity contribution is -0.148. The smallest absolute Gasteiger partial charge is 0.225 e. The van der Waals surface area contributed by atoms with Gasteiger partial charge in [-0.25, -0.2) is 4.39 Å². The van der Waals surface area contributed by atoms with Gasteiger partial charge in [-0.3, -0.25) is 4.79 Å². The zero-order valence-corrected chi connectivity index (χ0v) is 15.5. The number of carbonyl (C=O) groups excluding carboxylic acids is 1. The van der Waals surface area contributed by atoms with Crippen molar-refractivity contribution in [3.8, 4) is 11.5 Å². The molecule has 27 heavy (non-hydrogen) atoms. The Morgan fingerprint density at radius 3 is 2.96 bits per heavy atom. The lowest BCUT2D eigenvalue weighted by atomic mass is 9.53. The van der Waals surface area contributed by atoms with Gasteiger partial charge in [-0.05, 0) is 55.7 Å². The molecule has 1 amide bonds. The quantitative estimate of drug-likeness (QED) is 0.801. The molecule has 5 aliphatic rings. The van der Waals surface area contributed by atoms with Crippen molar-refractivity contribution in [1.82, 2.24) is 4.90 Å². The van der Waals surface area contributed by atoms with Gasteiger partial charge in [0.15, 0.2) is 17.6 Å². The number of ether oxygens (including phenoxy) is 2. The molecule has 4 atom stereocenters. The van der Waals surface area contributed by atoms with Crippen LogP contribution in [-0.2, 0) is 16.6 Å². The van der Waals surface area contributed by atoms with E-state index in [0.717, 1.165) is 43.4 Å². The summed E-state index contributed by atoms with van der Waals surface area (Å²) in [6.45, 7) is 0.708. The van der Waals surface area contributed by atoms with Crippen LogP contribution in [0.1, 0.15) is 43.2 Å². The number of halogens is 1. The van der Waals surface area contributed by atoms with Crippen molar-refractivity contribution >= 4 is 5.91 Å². The van der Waals surface area contributed by atoms with Crippen LogP contribution < -0.4 is 9.47 Å². The summed E-state index contributed by atoms with van der Waals surface area (Å²) in [6.07, 6.45) is 6.63. The van der Waals surface area contributed by atoms with Crippen molar-refractivity contribution < 1.29 is 18.7 Å². The second-order valence-electron chi connectivity index (χ2n) is 8.78. The monoisotopic (exact) mass is 369 g/mol. The van der Waals surface area contributed by atoms with Gasteiger partial charge in [0.1, 0.15) is 5.83 Å². The van der Waals surface area contributed by atoms with E-state index in [9.17, 15) is 9.18 Å². The Labute approximate surface area is 158 Å². The van der Waals surface area contributed by atoms with Gasteiger partial charge in [0.05, 0.1) is 7.11 Å². The van der Waals surface area contributed by atoms with E-state index >= 15 is 0 Å². The Morgan fingerprint density at radius 1 is 1.37 bits per heavy atom. The lowest BCUT2D eigenvalue weighted by Gasteiger charge is -2.57. The fourth-order valence-electron chi connectivity index (χ4n) is 6.43. The van der Waals surface area contributed by atoms with E-state index in [-0.39, 0.29) is 29.1 Å². The number of nitrogens with zero attached hydrogens (tertiary/aromatic N) is 1. The molecule has 5 heteroatoms. The van der Waals surface area contributed by atoms with Gasteiger partial charge in [-0.2, -0.15) is 0 Å². The van der Waals surface area contributed by atoms with Gasteiger partial charge in [0.2, 0.25) is 5.91 Å². The van der Waals surface area contributed by atoms with Crippen LogP contribution in [0.4, 0.5) is 4.39 Å². The number of methoxy groups -OCH3 is 1.